The molecule has 3 aromatic rings. The summed E-state index contributed by atoms with van der Waals surface area (Å²) >= 11 is 7.70. The highest BCUT2D eigenvalue weighted by molar-refractivity contribution is 7.19. The largest absolute Gasteiger partial charge is 0.449 e. The van der Waals surface area contributed by atoms with Crippen LogP contribution >= 0.6 is 22.9 Å². The number of nitrogens with one attached hydrogen (secondary N) is 1. The number of carbonyl (C=O) groups is 1. The van der Waals surface area contributed by atoms with E-state index >= 15 is 0 Å². The van der Waals surface area contributed by atoms with Crippen molar-refractivity contribution in [2.45, 2.75) is 13.3 Å². The Hall–Kier alpha value is -2.44. The van der Waals surface area contributed by atoms with Crippen LogP contribution in [0.4, 0.5) is 9.93 Å². The van der Waals surface area contributed by atoms with Gasteiger partial charge in [0.1, 0.15) is 0 Å². The first-order valence-electron chi connectivity index (χ1n) is 7.78. The van der Waals surface area contributed by atoms with Crippen LogP contribution in [0.5, 0.6) is 0 Å². The average molecular weight is 374 g/mol. The zero-order valence-corrected chi connectivity index (χ0v) is 15.1. The van der Waals surface area contributed by atoms with Gasteiger partial charge >= 0.3 is 6.09 Å². The number of halogens is 1. The predicted octanol–water partition coefficient (Wildman–Crippen LogP) is 5.48. The van der Waals surface area contributed by atoms with E-state index in [1.807, 2.05) is 37.3 Å². The molecule has 1 aromatic carbocycles. The molecule has 0 saturated heterocycles. The molecule has 0 aliphatic heterocycles. The standard InChI is InChI=1S/C18H16ClN3O2S/c1-2-9-24-18(23)22-17-21-11-16(25-17)13-7-8-20-10-14(13)12-5-3-4-6-15(12)19/h3-8,10-11H,2,9H2,1H3,(H,21,22,23). The van der Waals surface area contributed by atoms with E-state index in [0.29, 0.717) is 16.8 Å². The average Bonchev–Trinajstić information content (AvgIpc) is 3.08. The molecule has 0 radical (unpaired) electrons. The number of thiazole rings is 1. The van der Waals surface area contributed by atoms with E-state index in [4.69, 9.17) is 16.3 Å². The lowest BCUT2D eigenvalue weighted by Crippen LogP contribution is -2.13. The summed E-state index contributed by atoms with van der Waals surface area (Å²) in [5.41, 5.74) is 2.77. The van der Waals surface area contributed by atoms with E-state index < -0.39 is 6.09 Å². The van der Waals surface area contributed by atoms with Gasteiger partial charge in [-0.2, -0.15) is 0 Å². The Bertz CT molecular complexity index is 882. The summed E-state index contributed by atoms with van der Waals surface area (Å²) < 4.78 is 5.01. The van der Waals surface area contributed by atoms with Crippen LogP contribution in [0, 0.1) is 0 Å². The van der Waals surface area contributed by atoms with E-state index in [1.54, 1.807) is 18.6 Å². The fourth-order valence-electron chi connectivity index (χ4n) is 2.28. The van der Waals surface area contributed by atoms with Crippen molar-refractivity contribution >= 4 is 34.2 Å². The summed E-state index contributed by atoms with van der Waals surface area (Å²) in [7, 11) is 0. The number of aromatic nitrogens is 2. The number of benzene rings is 1. The lowest BCUT2D eigenvalue weighted by Gasteiger charge is -2.08. The van der Waals surface area contributed by atoms with Gasteiger partial charge in [-0.3, -0.25) is 10.3 Å². The molecule has 25 heavy (non-hydrogen) atoms. The third-order valence-corrected chi connectivity index (χ3v) is 4.68. The van der Waals surface area contributed by atoms with Crippen molar-refractivity contribution in [3.63, 3.8) is 0 Å². The summed E-state index contributed by atoms with van der Waals surface area (Å²) in [5, 5.41) is 3.78. The van der Waals surface area contributed by atoms with Gasteiger partial charge in [-0.15, -0.1) is 0 Å². The molecule has 128 valence electrons. The Kier molecular flexibility index (Phi) is 5.63. The van der Waals surface area contributed by atoms with Gasteiger partial charge in [0.25, 0.3) is 0 Å². The van der Waals surface area contributed by atoms with Crippen molar-refractivity contribution in [2.24, 2.45) is 0 Å². The summed E-state index contributed by atoms with van der Waals surface area (Å²) in [5.74, 6) is 0. The maximum absolute atomic E-state index is 11.7. The van der Waals surface area contributed by atoms with Gasteiger partial charge < -0.3 is 4.74 Å². The molecule has 0 fully saturated rings. The summed E-state index contributed by atoms with van der Waals surface area (Å²) in [6.07, 6.45) is 5.49. The zero-order chi connectivity index (χ0) is 17.6. The molecule has 1 amide bonds. The van der Waals surface area contributed by atoms with Crippen molar-refractivity contribution in [2.75, 3.05) is 11.9 Å². The van der Waals surface area contributed by atoms with Crippen molar-refractivity contribution in [1.82, 2.24) is 9.97 Å². The third-order valence-electron chi connectivity index (χ3n) is 3.40. The van der Waals surface area contributed by atoms with Gasteiger partial charge in [-0.05, 0) is 18.6 Å². The van der Waals surface area contributed by atoms with Gasteiger partial charge in [0.05, 0.1) is 11.5 Å². The Morgan fingerprint density at radius 2 is 2.04 bits per heavy atom. The molecule has 0 atom stereocenters. The maximum Gasteiger partial charge on any atom is 0.413 e. The van der Waals surface area contributed by atoms with Gasteiger partial charge in [0, 0.05) is 40.3 Å². The second kappa shape index (κ2) is 8.09. The van der Waals surface area contributed by atoms with E-state index in [1.165, 1.54) is 11.3 Å². The highest BCUT2D eigenvalue weighted by Gasteiger charge is 2.14. The first kappa shape index (κ1) is 17.4. The first-order chi connectivity index (χ1) is 12.2. The zero-order valence-electron chi connectivity index (χ0n) is 13.5. The number of amides is 1. The molecular formula is C18H16ClN3O2S. The number of anilines is 1. The Morgan fingerprint density at radius 1 is 1.20 bits per heavy atom. The number of nitrogens with zero attached hydrogens (tertiary/aromatic N) is 2. The van der Waals surface area contributed by atoms with Crippen molar-refractivity contribution in [3.8, 4) is 21.6 Å². The molecule has 0 unspecified atom stereocenters. The molecule has 0 bridgehead atoms. The number of rotatable bonds is 5. The van der Waals surface area contributed by atoms with Gasteiger partial charge in [0.15, 0.2) is 5.13 Å². The maximum atomic E-state index is 11.7. The van der Waals surface area contributed by atoms with Crippen LogP contribution in [-0.4, -0.2) is 22.7 Å². The molecule has 0 spiro atoms. The van der Waals surface area contributed by atoms with E-state index in [2.05, 4.69) is 15.3 Å². The van der Waals surface area contributed by atoms with Crippen molar-refractivity contribution < 1.29 is 9.53 Å². The van der Waals surface area contributed by atoms with E-state index in [-0.39, 0.29) is 0 Å². The van der Waals surface area contributed by atoms with Crippen LogP contribution in [0.25, 0.3) is 21.6 Å². The monoisotopic (exact) mass is 373 g/mol. The normalized spacial score (nSPS) is 10.5. The summed E-state index contributed by atoms with van der Waals surface area (Å²) in [6, 6.07) is 9.52. The molecule has 0 aliphatic rings. The minimum atomic E-state index is -0.496. The number of hydrogen-bond donors (Lipinski definition) is 1. The minimum absolute atomic E-state index is 0.380. The first-order valence-corrected chi connectivity index (χ1v) is 8.97. The molecule has 2 aromatic heterocycles. The molecule has 7 heteroatoms. The fraction of sp³-hybridized carbons (Fsp3) is 0.167. The molecule has 5 nitrogen and oxygen atoms in total. The highest BCUT2D eigenvalue weighted by atomic mass is 35.5. The van der Waals surface area contributed by atoms with Gasteiger partial charge in [0.2, 0.25) is 0 Å². The second-order valence-corrected chi connectivity index (χ2v) is 6.63. The molecule has 0 saturated carbocycles. The van der Waals surface area contributed by atoms with Crippen LogP contribution in [0.3, 0.4) is 0 Å². The minimum Gasteiger partial charge on any atom is -0.449 e. The van der Waals surface area contributed by atoms with Crippen LogP contribution < -0.4 is 5.32 Å². The van der Waals surface area contributed by atoms with Crippen LogP contribution in [0.2, 0.25) is 5.02 Å². The van der Waals surface area contributed by atoms with Crippen LogP contribution in [0.15, 0.2) is 48.9 Å². The van der Waals surface area contributed by atoms with Gasteiger partial charge in [-0.1, -0.05) is 48.1 Å². The second-order valence-electron chi connectivity index (χ2n) is 5.19. The number of ether oxygens (including phenoxy) is 1. The lowest BCUT2D eigenvalue weighted by molar-refractivity contribution is 0.161. The van der Waals surface area contributed by atoms with E-state index in [0.717, 1.165) is 28.0 Å². The smallest absolute Gasteiger partial charge is 0.413 e. The predicted molar refractivity (Wildman–Crippen MR) is 101 cm³/mol. The molecule has 2 heterocycles. The molecule has 3 rings (SSSR count). The molecular weight excluding hydrogens is 358 g/mol. The molecule has 0 aliphatic carbocycles. The van der Waals surface area contributed by atoms with Crippen LogP contribution in [-0.2, 0) is 4.74 Å². The number of hydrogen-bond acceptors (Lipinski definition) is 5. The summed E-state index contributed by atoms with van der Waals surface area (Å²) in [4.78, 5) is 21.0. The fourth-order valence-corrected chi connectivity index (χ4v) is 3.36. The van der Waals surface area contributed by atoms with Crippen molar-refractivity contribution in [3.05, 3.63) is 53.9 Å². The highest BCUT2D eigenvalue weighted by Crippen LogP contribution is 2.38. The quantitative estimate of drug-likeness (QED) is 0.642. The molecule has 1 N–H and O–H groups in total. The van der Waals surface area contributed by atoms with Crippen LogP contribution in [0.1, 0.15) is 13.3 Å². The Morgan fingerprint density at radius 3 is 2.84 bits per heavy atom. The lowest BCUT2D eigenvalue weighted by atomic mass is 10.0. The van der Waals surface area contributed by atoms with Gasteiger partial charge in [-0.25, -0.2) is 9.78 Å². The number of pyridine rings is 1. The van der Waals surface area contributed by atoms with Crippen molar-refractivity contribution in [1.29, 1.82) is 0 Å². The topological polar surface area (TPSA) is 64.1 Å². The Balaban J connectivity index is 1.89. The Labute approximate surface area is 154 Å². The van der Waals surface area contributed by atoms with E-state index in [9.17, 15) is 4.79 Å². The number of carbonyl (C=O) groups excluding carboxylic acids is 1. The SMILES string of the molecule is CCCOC(=O)Nc1ncc(-c2ccncc2-c2ccccc2Cl)s1. The third kappa shape index (κ3) is 4.15. The summed E-state index contributed by atoms with van der Waals surface area (Å²) in [6.45, 7) is 2.32.